The minimum Gasteiger partial charge on any atom is -0.497 e. The number of hydrogen-bond donors (Lipinski definition) is 0. The third-order valence-electron chi connectivity index (χ3n) is 5.88. The van der Waals surface area contributed by atoms with Crippen LogP contribution in [0.5, 0.6) is 5.75 Å². The molecule has 1 saturated carbocycles. The fourth-order valence-corrected chi connectivity index (χ4v) is 4.12. The second-order valence-corrected chi connectivity index (χ2v) is 7.83. The Morgan fingerprint density at radius 2 is 1.77 bits per heavy atom. The quantitative estimate of drug-likeness (QED) is 0.830. The molecule has 26 heavy (non-hydrogen) atoms. The predicted molar refractivity (Wildman–Crippen MR) is 101 cm³/mol. The molecule has 1 aromatic carbocycles. The fraction of sp³-hybridized carbons (Fsp3) is 0.619. The molecule has 2 fully saturated rings. The van der Waals surface area contributed by atoms with Crippen molar-refractivity contribution in [3.05, 3.63) is 29.8 Å². The van der Waals surface area contributed by atoms with Gasteiger partial charge in [-0.1, -0.05) is 38.3 Å². The third-order valence-corrected chi connectivity index (χ3v) is 5.88. The molecule has 0 radical (unpaired) electrons. The molecule has 1 saturated heterocycles. The van der Waals surface area contributed by atoms with Crippen molar-refractivity contribution in [3.63, 3.8) is 0 Å². The molecule has 1 heterocycles. The van der Waals surface area contributed by atoms with Gasteiger partial charge in [0.1, 0.15) is 5.75 Å². The van der Waals surface area contributed by atoms with Gasteiger partial charge in [-0.25, -0.2) is 0 Å². The number of carbonyl (C=O) groups is 2. The molecule has 142 valence electrons. The van der Waals surface area contributed by atoms with Crippen molar-refractivity contribution in [3.8, 4) is 5.75 Å². The number of carbonyl (C=O) groups excluding carboxylic acids is 2. The van der Waals surface area contributed by atoms with E-state index in [1.807, 2.05) is 34.1 Å². The molecule has 2 amide bonds. The highest BCUT2D eigenvalue weighted by Crippen LogP contribution is 2.37. The minimum atomic E-state index is -0.230. The average molecular weight is 358 g/mol. The molecular weight excluding hydrogens is 328 g/mol. The maximum Gasteiger partial charge on any atom is 0.228 e. The van der Waals surface area contributed by atoms with Gasteiger partial charge >= 0.3 is 0 Å². The van der Waals surface area contributed by atoms with E-state index in [1.165, 1.54) is 6.42 Å². The smallest absolute Gasteiger partial charge is 0.228 e. The lowest BCUT2D eigenvalue weighted by Gasteiger charge is -2.36. The molecule has 5 nitrogen and oxygen atoms in total. The Bertz CT molecular complexity index is 635. The lowest BCUT2D eigenvalue weighted by Crippen LogP contribution is -2.45. The van der Waals surface area contributed by atoms with Gasteiger partial charge in [0.05, 0.1) is 7.11 Å². The van der Waals surface area contributed by atoms with E-state index in [0.717, 1.165) is 37.0 Å². The molecule has 3 rings (SSSR count). The Hall–Kier alpha value is -2.04. The number of methoxy groups -OCH3 is 1. The SMILES string of the molecule is COc1ccc(CN2CCN(C(=O)C3(C)CCCCC3)CCC2=O)cc1. The maximum absolute atomic E-state index is 13.1. The summed E-state index contributed by atoms with van der Waals surface area (Å²) in [6.07, 6.45) is 5.88. The van der Waals surface area contributed by atoms with Crippen LogP contribution in [0.15, 0.2) is 24.3 Å². The highest BCUT2D eigenvalue weighted by molar-refractivity contribution is 5.84. The zero-order chi connectivity index (χ0) is 18.6. The van der Waals surface area contributed by atoms with Crippen LogP contribution in [0.3, 0.4) is 0 Å². The molecule has 0 N–H and O–H groups in total. The van der Waals surface area contributed by atoms with E-state index in [1.54, 1.807) is 7.11 Å². The van der Waals surface area contributed by atoms with Gasteiger partial charge in [0, 0.05) is 38.0 Å². The van der Waals surface area contributed by atoms with Gasteiger partial charge in [-0.3, -0.25) is 9.59 Å². The van der Waals surface area contributed by atoms with Gasteiger partial charge in [0.25, 0.3) is 0 Å². The molecule has 2 aliphatic rings. The Labute approximate surface area is 156 Å². The van der Waals surface area contributed by atoms with Crippen molar-refractivity contribution in [1.29, 1.82) is 0 Å². The number of benzene rings is 1. The summed E-state index contributed by atoms with van der Waals surface area (Å²) in [5.41, 5.74) is 0.852. The highest BCUT2D eigenvalue weighted by Gasteiger charge is 2.38. The second kappa shape index (κ2) is 8.11. The largest absolute Gasteiger partial charge is 0.497 e. The summed E-state index contributed by atoms with van der Waals surface area (Å²) >= 11 is 0. The van der Waals surface area contributed by atoms with Crippen LogP contribution in [0.25, 0.3) is 0 Å². The number of nitrogens with zero attached hydrogens (tertiary/aromatic N) is 2. The summed E-state index contributed by atoms with van der Waals surface area (Å²) < 4.78 is 5.18. The topological polar surface area (TPSA) is 49.9 Å². The summed E-state index contributed by atoms with van der Waals surface area (Å²) in [5, 5.41) is 0. The van der Waals surface area contributed by atoms with Gasteiger partial charge < -0.3 is 14.5 Å². The van der Waals surface area contributed by atoms with E-state index in [9.17, 15) is 9.59 Å². The predicted octanol–water partition coefficient (Wildman–Crippen LogP) is 3.23. The van der Waals surface area contributed by atoms with E-state index >= 15 is 0 Å². The molecule has 0 spiro atoms. The molecule has 0 aromatic heterocycles. The van der Waals surface area contributed by atoms with Gasteiger partial charge in [-0.2, -0.15) is 0 Å². The maximum atomic E-state index is 13.1. The molecule has 1 aliphatic heterocycles. The minimum absolute atomic E-state index is 0.130. The van der Waals surface area contributed by atoms with Crippen molar-refractivity contribution in [1.82, 2.24) is 9.80 Å². The van der Waals surface area contributed by atoms with Crippen molar-refractivity contribution in [2.45, 2.75) is 52.0 Å². The lowest BCUT2D eigenvalue weighted by atomic mass is 9.74. The van der Waals surface area contributed by atoms with Crippen LogP contribution in [0, 0.1) is 5.41 Å². The fourth-order valence-electron chi connectivity index (χ4n) is 4.12. The van der Waals surface area contributed by atoms with Crippen LogP contribution in [0.4, 0.5) is 0 Å². The van der Waals surface area contributed by atoms with E-state index in [2.05, 4.69) is 6.92 Å². The van der Waals surface area contributed by atoms with Crippen LogP contribution in [-0.2, 0) is 16.1 Å². The highest BCUT2D eigenvalue weighted by atomic mass is 16.5. The zero-order valence-corrected chi connectivity index (χ0v) is 16.0. The molecular formula is C21H30N2O3. The van der Waals surface area contributed by atoms with Crippen molar-refractivity contribution in [2.75, 3.05) is 26.7 Å². The standard InChI is InChI=1S/C21H30N2O3/c1-21(11-4-3-5-12-21)20(25)22-13-10-19(24)23(15-14-22)16-17-6-8-18(26-2)9-7-17/h6-9H,3-5,10-16H2,1-2H3. The Morgan fingerprint density at radius 1 is 1.08 bits per heavy atom. The monoisotopic (exact) mass is 358 g/mol. The first-order valence-electron chi connectivity index (χ1n) is 9.72. The van der Waals surface area contributed by atoms with Crippen LogP contribution in [0.2, 0.25) is 0 Å². The van der Waals surface area contributed by atoms with Crippen LogP contribution in [-0.4, -0.2) is 48.4 Å². The van der Waals surface area contributed by atoms with Crippen molar-refractivity contribution in [2.24, 2.45) is 5.41 Å². The third kappa shape index (κ3) is 4.19. The van der Waals surface area contributed by atoms with Crippen LogP contribution >= 0.6 is 0 Å². The molecule has 5 heteroatoms. The number of amides is 2. The molecule has 0 unspecified atom stereocenters. The van der Waals surface area contributed by atoms with E-state index < -0.39 is 0 Å². The molecule has 1 aliphatic carbocycles. The lowest BCUT2D eigenvalue weighted by molar-refractivity contribution is -0.143. The number of hydrogen-bond acceptors (Lipinski definition) is 3. The zero-order valence-electron chi connectivity index (χ0n) is 16.0. The van der Waals surface area contributed by atoms with Crippen LogP contribution < -0.4 is 4.74 Å². The molecule has 0 atom stereocenters. The van der Waals surface area contributed by atoms with Gasteiger partial charge in [-0.05, 0) is 30.5 Å². The van der Waals surface area contributed by atoms with E-state index in [0.29, 0.717) is 32.6 Å². The molecule has 1 aromatic rings. The normalized spacial score (nSPS) is 20.6. The van der Waals surface area contributed by atoms with Crippen LogP contribution in [0.1, 0.15) is 51.0 Å². The summed E-state index contributed by atoms with van der Waals surface area (Å²) in [7, 11) is 1.64. The Balaban J connectivity index is 1.62. The van der Waals surface area contributed by atoms with Gasteiger partial charge in [-0.15, -0.1) is 0 Å². The van der Waals surface area contributed by atoms with E-state index in [-0.39, 0.29) is 17.2 Å². The second-order valence-electron chi connectivity index (χ2n) is 7.83. The summed E-state index contributed by atoms with van der Waals surface area (Å²) in [4.78, 5) is 29.4. The Kier molecular flexibility index (Phi) is 5.84. The van der Waals surface area contributed by atoms with E-state index in [4.69, 9.17) is 4.74 Å². The number of ether oxygens (including phenoxy) is 1. The molecule has 0 bridgehead atoms. The summed E-state index contributed by atoms with van der Waals surface area (Å²) in [5.74, 6) is 1.19. The van der Waals surface area contributed by atoms with Gasteiger partial charge in [0.2, 0.25) is 11.8 Å². The van der Waals surface area contributed by atoms with Crippen molar-refractivity contribution < 1.29 is 14.3 Å². The summed E-state index contributed by atoms with van der Waals surface area (Å²) in [6, 6.07) is 7.81. The van der Waals surface area contributed by atoms with Crippen molar-refractivity contribution >= 4 is 11.8 Å². The Morgan fingerprint density at radius 3 is 2.42 bits per heavy atom. The average Bonchev–Trinajstić information content (AvgIpc) is 2.84. The van der Waals surface area contributed by atoms with Gasteiger partial charge in [0.15, 0.2) is 0 Å². The first-order valence-corrected chi connectivity index (χ1v) is 9.72. The summed E-state index contributed by atoms with van der Waals surface area (Å²) in [6.45, 7) is 4.48. The number of rotatable bonds is 4. The first kappa shape index (κ1) is 18.7. The first-order chi connectivity index (χ1) is 12.5.